The predicted molar refractivity (Wildman–Crippen MR) is 96.0 cm³/mol. The van der Waals surface area contributed by atoms with Crippen LogP contribution < -0.4 is 10.6 Å². The smallest absolute Gasteiger partial charge is 0.412 e. The summed E-state index contributed by atoms with van der Waals surface area (Å²) < 4.78 is 19.1. The van der Waals surface area contributed by atoms with E-state index in [1.165, 1.54) is 38.2 Å². The molecule has 2 N–H and O–H groups in total. The highest BCUT2D eigenvalue weighted by Gasteiger charge is 2.18. The Morgan fingerprint density at radius 3 is 2.38 bits per heavy atom. The summed E-state index contributed by atoms with van der Waals surface area (Å²) >= 11 is 0. The first-order valence-electron chi connectivity index (χ1n) is 8.89. The van der Waals surface area contributed by atoms with Gasteiger partial charge in [0, 0.05) is 11.7 Å². The number of nitrogens with one attached hydrogen (secondary N) is 2. The highest BCUT2D eigenvalue weighted by Crippen LogP contribution is 2.24. The summed E-state index contributed by atoms with van der Waals surface area (Å²) in [7, 11) is 0. The van der Waals surface area contributed by atoms with Gasteiger partial charge in [-0.1, -0.05) is 32.1 Å². The van der Waals surface area contributed by atoms with Gasteiger partial charge in [-0.05, 0) is 51.8 Å². The molecule has 1 saturated carbocycles. The Morgan fingerprint density at radius 1 is 1.12 bits per heavy atom. The van der Waals surface area contributed by atoms with Crippen LogP contribution in [-0.4, -0.2) is 17.7 Å². The number of hydrogen-bond acceptors (Lipinski definition) is 3. The average molecular weight is 336 g/mol. The van der Waals surface area contributed by atoms with Gasteiger partial charge in [0.2, 0.25) is 0 Å². The van der Waals surface area contributed by atoms with E-state index in [1.807, 2.05) is 0 Å². The summed E-state index contributed by atoms with van der Waals surface area (Å²) in [6.07, 6.45) is 7.96. The molecular weight excluding hydrogens is 307 g/mol. The lowest BCUT2D eigenvalue weighted by Crippen LogP contribution is -2.27. The second-order valence-corrected chi connectivity index (χ2v) is 7.51. The third kappa shape index (κ3) is 6.38. The lowest BCUT2D eigenvalue weighted by Gasteiger charge is -2.23. The summed E-state index contributed by atoms with van der Waals surface area (Å²) in [6, 6.07) is 5.13. The molecule has 0 bridgehead atoms. The molecule has 1 aromatic carbocycles. The molecule has 0 spiro atoms. The maximum Gasteiger partial charge on any atom is 0.412 e. The first-order valence-corrected chi connectivity index (χ1v) is 8.89. The Kier molecular flexibility index (Phi) is 6.46. The maximum atomic E-state index is 14.0. The van der Waals surface area contributed by atoms with Crippen LogP contribution in [0.2, 0.25) is 0 Å². The fourth-order valence-corrected chi connectivity index (χ4v) is 2.96. The van der Waals surface area contributed by atoms with Gasteiger partial charge in [-0.15, -0.1) is 0 Å². The Bertz CT molecular complexity index is 547. The first-order chi connectivity index (χ1) is 11.3. The lowest BCUT2D eigenvalue weighted by molar-refractivity contribution is 0.0635. The number of rotatable bonds is 3. The number of amides is 1. The molecule has 0 unspecified atom stereocenters. The molecule has 0 heterocycles. The third-order valence-corrected chi connectivity index (χ3v) is 4.08. The van der Waals surface area contributed by atoms with Crippen LogP contribution in [0.15, 0.2) is 18.2 Å². The van der Waals surface area contributed by atoms with Crippen LogP contribution in [0, 0.1) is 5.82 Å². The van der Waals surface area contributed by atoms with E-state index in [0.717, 1.165) is 18.5 Å². The highest BCUT2D eigenvalue weighted by atomic mass is 19.1. The van der Waals surface area contributed by atoms with E-state index in [1.54, 1.807) is 32.9 Å². The summed E-state index contributed by atoms with van der Waals surface area (Å²) in [5.74, 6) is -0.468. The minimum atomic E-state index is -0.649. The van der Waals surface area contributed by atoms with Crippen LogP contribution in [0.1, 0.15) is 65.7 Å². The first kappa shape index (κ1) is 18.6. The molecule has 0 atom stereocenters. The summed E-state index contributed by atoms with van der Waals surface area (Å²) in [4.78, 5) is 11.8. The minimum Gasteiger partial charge on any atom is -0.444 e. The van der Waals surface area contributed by atoms with Crippen LogP contribution in [-0.2, 0) is 4.74 Å². The van der Waals surface area contributed by atoms with Crippen molar-refractivity contribution in [2.24, 2.45) is 0 Å². The van der Waals surface area contributed by atoms with Crippen molar-refractivity contribution in [2.75, 3.05) is 10.6 Å². The predicted octanol–water partition coefficient (Wildman–Crippen LogP) is 5.70. The van der Waals surface area contributed by atoms with Gasteiger partial charge in [-0.3, -0.25) is 5.32 Å². The molecule has 4 nitrogen and oxygen atoms in total. The normalized spacial score (nSPS) is 16.8. The number of halogens is 1. The zero-order valence-corrected chi connectivity index (χ0v) is 15.0. The minimum absolute atomic E-state index is 0.139. The zero-order chi connectivity index (χ0) is 17.6. The molecule has 0 saturated heterocycles. The largest absolute Gasteiger partial charge is 0.444 e. The summed E-state index contributed by atoms with van der Waals surface area (Å²) in [5.41, 5.74) is 0.350. The number of carbonyl (C=O) groups is 1. The zero-order valence-electron chi connectivity index (χ0n) is 15.0. The van der Waals surface area contributed by atoms with Crippen molar-refractivity contribution in [3.05, 3.63) is 24.0 Å². The number of benzene rings is 1. The lowest BCUT2D eigenvalue weighted by atomic mass is 9.96. The number of anilines is 2. The SMILES string of the molecule is CC(C)(C)OC(=O)Nc1cc(NC2CCCCCCC2)ccc1F. The van der Waals surface area contributed by atoms with Gasteiger partial charge in [0.1, 0.15) is 11.4 Å². The van der Waals surface area contributed by atoms with Crippen LogP contribution in [0.4, 0.5) is 20.6 Å². The van der Waals surface area contributed by atoms with Gasteiger partial charge in [0.25, 0.3) is 0 Å². The average Bonchev–Trinajstić information content (AvgIpc) is 2.43. The van der Waals surface area contributed by atoms with Crippen molar-refractivity contribution in [3.8, 4) is 0 Å². The molecule has 2 rings (SSSR count). The van der Waals surface area contributed by atoms with E-state index in [-0.39, 0.29) is 5.69 Å². The molecule has 1 fully saturated rings. The van der Waals surface area contributed by atoms with Crippen LogP contribution >= 0.6 is 0 Å². The van der Waals surface area contributed by atoms with Crippen molar-refractivity contribution in [2.45, 2.75) is 77.4 Å². The monoisotopic (exact) mass is 336 g/mol. The van der Waals surface area contributed by atoms with Crippen LogP contribution in [0.25, 0.3) is 0 Å². The second-order valence-electron chi connectivity index (χ2n) is 7.51. The van der Waals surface area contributed by atoms with Gasteiger partial charge in [-0.25, -0.2) is 9.18 Å². The Balaban J connectivity index is 2.00. The molecule has 134 valence electrons. The topological polar surface area (TPSA) is 50.4 Å². The van der Waals surface area contributed by atoms with Crippen molar-refractivity contribution >= 4 is 17.5 Å². The number of hydrogen-bond donors (Lipinski definition) is 2. The van der Waals surface area contributed by atoms with Crippen molar-refractivity contribution < 1.29 is 13.9 Å². The van der Waals surface area contributed by atoms with Crippen molar-refractivity contribution in [3.63, 3.8) is 0 Å². The fourth-order valence-electron chi connectivity index (χ4n) is 2.96. The molecule has 1 aliphatic rings. The maximum absolute atomic E-state index is 14.0. The Labute approximate surface area is 144 Å². The highest BCUT2D eigenvalue weighted by molar-refractivity contribution is 5.85. The van der Waals surface area contributed by atoms with E-state index in [4.69, 9.17) is 4.74 Å². The summed E-state index contributed by atoms with van der Waals surface area (Å²) in [5, 5.41) is 5.97. The number of carbonyl (C=O) groups excluding carboxylic acids is 1. The molecule has 0 radical (unpaired) electrons. The third-order valence-electron chi connectivity index (χ3n) is 4.08. The standard InChI is InChI=1S/C19H29FN2O2/c1-19(2,3)24-18(23)22-17-13-15(11-12-16(17)20)21-14-9-7-5-4-6-8-10-14/h11-14,21H,4-10H2,1-3H3,(H,22,23). The molecule has 1 aromatic rings. The molecule has 1 amide bonds. The van der Waals surface area contributed by atoms with E-state index in [2.05, 4.69) is 10.6 Å². The van der Waals surface area contributed by atoms with Crippen molar-refractivity contribution in [1.82, 2.24) is 0 Å². The molecule has 0 aromatic heterocycles. The van der Waals surface area contributed by atoms with Gasteiger partial charge < -0.3 is 10.1 Å². The summed E-state index contributed by atoms with van der Waals surface area (Å²) in [6.45, 7) is 5.32. The molecule has 24 heavy (non-hydrogen) atoms. The molecule has 5 heteroatoms. The van der Waals surface area contributed by atoms with E-state index in [9.17, 15) is 9.18 Å². The van der Waals surface area contributed by atoms with Gasteiger partial charge in [-0.2, -0.15) is 0 Å². The van der Waals surface area contributed by atoms with E-state index >= 15 is 0 Å². The van der Waals surface area contributed by atoms with E-state index < -0.39 is 17.5 Å². The fraction of sp³-hybridized carbons (Fsp3) is 0.632. The molecule has 1 aliphatic carbocycles. The van der Waals surface area contributed by atoms with Crippen LogP contribution in [0.3, 0.4) is 0 Å². The van der Waals surface area contributed by atoms with Crippen molar-refractivity contribution in [1.29, 1.82) is 0 Å². The van der Waals surface area contributed by atoms with Gasteiger partial charge >= 0.3 is 6.09 Å². The Morgan fingerprint density at radius 2 is 1.75 bits per heavy atom. The van der Waals surface area contributed by atoms with E-state index in [0.29, 0.717) is 6.04 Å². The molecular formula is C19H29FN2O2. The second kappa shape index (κ2) is 8.36. The van der Waals surface area contributed by atoms with Crippen LogP contribution in [0.5, 0.6) is 0 Å². The number of ether oxygens (including phenoxy) is 1. The quantitative estimate of drug-likeness (QED) is 0.744. The molecule has 0 aliphatic heterocycles. The van der Waals surface area contributed by atoms with Gasteiger partial charge in [0.05, 0.1) is 5.69 Å². The van der Waals surface area contributed by atoms with Gasteiger partial charge in [0.15, 0.2) is 0 Å². The Hall–Kier alpha value is -1.78.